The van der Waals surface area contributed by atoms with Crippen LogP contribution in [0.15, 0.2) is 18.2 Å². The molecule has 0 heterocycles. The van der Waals surface area contributed by atoms with Crippen LogP contribution in [0.3, 0.4) is 0 Å². The van der Waals surface area contributed by atoms with Gasteiger partial charge < -0.3 is 16.2 Å². The third kappa shape index (κ3) is 1.61. The third-order valence-corrected chi connectivity index (χ3v) is 1.24. The van der Waals surface area contributed by atoms with Gasteiger partial charge in [0.25, 0.3) is 0 Å². The van der Waals surface area contributed by atoms with Gasteiger partial charge in [-0.1, -0.05) is 0 Å². The van der Waals surface area contributed by atoms with Gasteiger partial charge in [-0.05, 0) is 12.1 Å². The Labute approximate surface area is 63.6 Å². The number of anilines is 2. The zero-order valence-electron chi connectivity index (χ0n) is 5.74. The molecule has 0 bridgehead atoms. The fourth-order valence-corrected chi connectivity index (χ4v) is 0.734. The van der Waals surface area contributed by atoms with Gasteiger partial charge in [-0.25, -0.2) is 0 Å². The van der Waals surface area contributed by atoms with Crippen LogP contribution in [0.4, 0.5) is 11.4 Å². The SMILES string of the molecule is Nc1ccc(NC=O)c(O)c1. The molecule has 0 aromatic heterocycles. The summed E-state index contributed by atoms with van der Waals surface area (Å²) < 4.78 is 0. The summed E-state index contributed by atoms with van der Waals surface area (Å²) in [5, 5.41) is 11.4. The summed E-state index contributed by atoms with van der Waals surface area (Å²) in [5.74, 6) is -0.0305. The number of rotatable bonds is 2. The molecule has 0 saturated carbocycles. The predicted molar refractivity (Wildman–Crippen MR) is 42.2 cm³/mol. The lowest BCUT2D eigenvalue weighted by Crippen LogP contribution is -1.94. The number of nitrogen functional groups attached to an aromatic ring is 1. The zero-order chi connectivity index (χ0) is 8.27. The molecule has 0 spiro atoms. The molecule has 1 aromatic rings. The number of phenols is 1. The minimum atomic E-state index is -0.0305. The molecule has 0 aliphatic heterocycles. The fourth-order valence-electron chi connectivity index (χ4n) is 0.734. The first-order valence-corrected chi connectivity index (χ1v) is 3.02. The average Bonchev–Trinajstić information content (AvgIpc) is 1.95. The maximum atomic E-state index is 9.96. The molecule has 1 amide bonds. The second-order valence-electron chi connectivity index (χ2n) is 2.04. The number of carbonyl (C=O) groups is 1. The molecule has 0 unspecified atom stereocenters. The van der Waals surface area contributed by atoms with Crippen LogP contribution in [0.5, 0.6) is 5.75 Å². The number of nitrogens with one attached hydrogen (secondary N) is 1. The average molecular weight is 152 g/mol. The molecule has 0 aliphatic carbocycles. The Hall–Kier alpha value is -1.71. The van der Waals surface area contributed by atoms with Crippen molar-refractivity contribution in [1.82, 2.24) is 0 Å². The van der Waals surface area contributed by atoms with Gasteiger partial charge in [0.15, 0.2) is 0 Å². The minimum Gasteiger partial charge on any atom is -0.506 e. The van der Waals surface area contributed by atoms with Gasteiger partial charge in [-0.15, -0.1) is 0 Å². The molecule has 1 aromatic carbocycles. The van der Waals surface area contributed by atoms with Crippen LogP contribution in [0.2, 0.25) is 0 Å². The lowest BCUT2D eigenvalue weighted by atomic mass is 10.2. The van der Waals surface area contributed by atoms with Crippen LogP contribution in [0, 0.1) is 0 Å². The first-order valence-electron chi connectivity index (χ1n) is 3.02. The van der Waals surface area contributed by atoms with Crippen LogP contribution in [0.25, 0.3) is 0 Å². The monoisotopic (exact) mass is 152 g/mol. The third-order valence-electron chi connectivity index (χ3n) is 1.24. The topological polar surface area (TPSA) is 75.3 Å². The van der Waals surface area contributed by atoms with Crippen molar-refractivity contribution in [3.8, 4) is 5.75 Å². The van der Waals surface area contributed by atoms with E-state index in [0.29, 0.717) is 17.8 Å². The van der Waals surface area contributed by atoms with E-state index in [1.807, 2.05) is 0 Å². The maximum absolute atomic E-state index is 9.96. The van der Waals surface area contributed by atoms with Crippen molar-refractivity contribution >= 4 is 17.8 Å². The van der Waals surface area contributed by atoms with E-state index in [1.54, 1.807) is 6.07 Å². The summed E-state index contributed by atoms with van der Waals surface area (Å²) in [7, 11) is 0. The normalized spacial score (nSPS) is 9.09. The lowest BCUT2D eigenvalue weighted by Gasteiger charge is -2.01. The number of hydrogen-bond acceptors (Lipinski definition) is 3. The summed E-state index contributed by atoms with van der Waals surface area (Å²) in [6.45, 7) is 0. The molecule has 58 valence electrons. The predicted octanol–water partition coefficient (Wildman–Crippen LogP) is 0.543. The lowest BCUT2D eigenvalue weighted by molar-refractivity contribution is -0.105. The molecule has 4 N–H and O–H groups in total. The van der Waals surface area contributed by atoms with Crippen molar-refractivity contribution in [3.63, 3.8) is 0 Å². The van der Waals surface area contributed by atoms with Gasteiger partial charge in [0, 0.05) is 11.8 Å². The van der Waals surface area contributed by atoms with E-state index in [0.717, 1.165) is 0 Å². The van der Waals surface area contributed by atoms with Crippen molar-refractivity contribution in [1.29, 1.82) is 0 Å². The number of aromatic hydroxyl groups is 1. The minimum absolute atomic E-state index is 0.0305. The molecular formula is C7H8N2O2. The summed E-state index contributed by atoms with van der Waals surface area (Å²) >= 11 is 0. The van der Waals surface area contributed by atoms with Gasteiger partial charge in [0.1, 0.15) is 5.75 Å². The molecule has 11 heavy (non-hydrogen) atoms. The highest BCUT2D eigenvalue weighted by Crippen LogP contribution is 2.24. The molecule has 1 rings (SSSR count). The van der Waals surface area contributed by atoms with E-state index in [-0.39, 0.29) is 5.75 Å². The number of nitrogens with two attached hydrogens (primary N) is 1. The summed E-state index contributed by atoms with van der Waals surface area (Å²) in [4.78, 5) is 9.96. The Morgan fingerprint density at radius 1 is 1.55 bits per heavy atom. The Morgan fingerprint density at radius 2 is 2.27 bits per heavy atom. The standard InChI is InChI=1S/C7H8N2O2/c8-5-1-2-6(9-4-10)7(11)3-5/h1-4,11H,8H2,(H,9,10). The zero-order valence-corrected chi connectivity index (χ0v) is 5.74. The van der Waals surface area contributed by atoms with Gasteiger partial charge >= 0.3 is 0 Å². The van der Waals surface area contributed by atoms with Crippen molar-refractivity contribution in [2.24, 2.45) is 0 Å². The molecule has 0 aliphatic rings. The van der Waals surface area contributed by atoms with Gasteiger partial charge in [0.05, 0.1) is 5.69 Å². The van der Waals surface area contributed by atoms with Crippen LogP contribution >= 0.6 is 0 Å². The highest BCUT2D eigenvalue weighted by Gasteiger charge is 1.97. The van der Waals surface area contributed by atoms with Crippen molar-refractivity contribution in [2.75, 3.05) is 11.1 Å². The highest BCUT2D eigenvalue weighted by molar-refractivity contribution is 5.76. The Bertz CT molecular complexity index is 273. The van der Waals surface area contributed by atoms with E-state index >= 15 is 0 Å². The first-order chi connectivity index (χ1) is 5.24. The summed E-state index contributed by atoms with van der Waals surface area (Å²) in [6, 6.07) is 4.48. The maximum Gasteiger partial charge on any atom is 0.211 e. The molecule has 0 radical (unpaired) electrons. The summed E-state index contributed by atoms with van der Waals surface area (Å²) in [6.07, 6.45) is 0.491. The Kier molecular flexibility index (Phi) is 1.96. The summed E-state index contributed by atoms with van der Waals surface area (Å²) in [5.41, 5.74) is 6.16. The Morgan fingerprint density at radius 3 is 2.82 bits per heavy atom. The van der Waals surface area contributed by atoms with Crippen molar-refractivity contribution < 1.29 is 9.90 Å². The molecular weight excluding hydrogens is 144 g/mol. The first kappa shape index (κ1) is 7.40. The number of carbonyl (C=O) groups excluding carboxylic acids is 1. The molecule has 4 nitrogen and oxygen atoms in total. The van der Waals surface area contributed by atoms with Gasteiger partial charge in [-0.2, -0.15) is 0 Å². The highest BCUT2D eigenvalue weighted by atomic mass is 16.3. The number of amides is 1. The van der Waals surface area contributed by atoms with E-state index in [1.165, 1.54) is 12.1 Å². The Balaban J connectivity index is 2.98. The quantitative estimate of drug-likeness (QED) is 0.329. The number of phenolic OH excluding ortho intramolecular Hbond substituents is 1. The number of benzene rings is 1. The van der Waals surface area contributed by atoms with E-state index in [2.05, 4.69) is 5.32 Å². The molecule has 0 fully saturated rings. The van der Waals surface area contributed by atoms with Crippen molar-refractivity contribution in [3.05, 3.63) is 18.2 Å². The van der Waals surface area contributed by atoms with Crippen LogP contribution in [-0.2, 0) is 4.79 Å². The van der Waals surface area contributed by atoms with E-state index in [4.69, 9.17) is 10.8 Å². The largest absolute Gasteiger partial charge is 0.506 e. The smallest absolute Gasteiger partial charge is 0.211 e. The van der Waals surface area contributed by atoms with Crippen LogP contribution in [-0.4, -0.2) is 11.5 Å². The van der Waals surface area contributed by atoms with E-state index in [9.17, 15) is 4.79 Å². The van der Waals surface area contributed by atoms with E-state index < -0.39 is 0 Å². The van der Waals surface area contributed by atoms with Gasteiger partial charge in [-0.3, -0.25) is 4.79 Å². The number of hydrogen-bond donors (Lipinski definition) is 3. The molecule has 0 saturated heterocycles. The van der Waals surface area contributed by atoms with Crippen LogP contribution in [0.1, 0.15) is 0 Å². The van der Waals surface area contributed by atoms with Gasteiger partial charge in [0.2, 0.25) is 6.41 Å². The van der Waals surface area contributed by atoms with Crippen LogP contribution < -0.4 is 11.1 Å². The molecule has 4 heteroatoms. The fraction of sp³-hybridized carbons (Fsp3) is 0. The van der Waals surface area contributed by atoms with Crippen molar-refractivity contribution in [2.45, 2.75) is 0 Å². The second-order valence-corrected chi connectivity index (χ2v) is 2.04. The second kappa shape index (κ2) is 2.92. The molecule has 0 atom stereocenters.